The topological polar surface area (TPSA) is 105 Å². The molecule has 0 aliphatic rings. The first-order valence-electron chi connectivity index (χ1n) is 8.07. The fourth-order valence-corrected chi connectivity index (χ4v) is 1.87. The zero-order valence-electron chi connectivity index (χ0n) is 15.0. The van der Waals surface area contributed by atoms with Gasteiger partial charge >= 0.3 is 11.9 Å². The Labute approximate surface area is 139 Å². The van der Waals surface area contributed by atoms with E-state index in [4.69, 9.17) is 10.2 Å². The summed E-state index contributed by atoms with van der Waals surface area (Å²) < 4.78 is 0. The highest BCUT2D eigenvalue weighted by Gasteiger charge is 2.05. The highest BCUT2D eigenvalue weighted by Crippen LogP contribution is 1.93. The van der Waals surface area contributed by atoms with Gasteiger partial charge in [0.1, 0.15) is 0 Å². The fraction of sp³-hybridized carbons (Fsp3) is 0.867. The molecule has 0 spiro atoms. The number of nitrogens with zero attached hydrogens (tertiary/aromatic N) is 2. The minimum Gasteiger partial charge on any atom is -0.480 e. The predicted octanol–water partition coefficient (Wildman–Crippen LogP) is -0.385. The standard InChI is InChI=1S/C12H27N3O2.C3H7NO2/c1-4-13-7-10-15(5-2)9-6-8-14(3)11-12(16)17;1-4-2-3(5)6/h13H,4-11H2,1-3H3,(H,16,17);4H,2H2,1H3,(H,5,6). The average molecular weight is 334 g/mol. The van der Waals surface area contributed by atoms with Crippen LogP contribution < -0.4 is 10.6 Å². The molecule has 0 aromatic carbocycles. The van der Waals surface area contributed by atoms with E-state index in [1.807, 2.05) is 11.9 Å². The van der Waals surface area contributed by atoms with E-state index >= 15 is 0 Å². The summed E-state index contributed by atoms with van der Waals surface area (Å²) in [6.07, 6.45) is 1.02. The summed E-state index contributed by atoms with van der Waals surface area (Å²) in [7, 11) is 3.44. The number of carboxylic acids is 2. The SMILES string of the molecule is CCNCCN(CC)CCCN(C)CC(=O)O.CNCC(=O)O. The number of hydrogen-bond acceptors (Lipinski definition) is 6. The van der Waals surface area contributed by atoms with Crippen molar-refractivity contribution in [3.63, 3.8) is 0 Å². The highest BCUT2D eigenvalue weighted by molar-refractivity contribution is 5.69. The third kappa shape index (κ3) is 20.8. The first-order chi connectivity index (χ1) is 10.9. The van der Waals surface area contributed by atoms with Gasteiger partial charge in [-0.15, -0.1) is 0 Å². The molecule has 0 saturated heterocycles. The number of nitrogens with one attached hydrogen (secondary N) is 2. The first-order valence-corrected chi connectivity index (χ1v) is 8.07. The Morgan fingerprint density at radius 3 is 2.09 bits per heavy atom. The van der Waals surface area contributed by atoms with E-state index < -0.39 is 11.9 Å². The molecule has 0 aliphatic carbocycles. The van der Waals surface area contributed by atoms with Crippen LogP contribution in [0.2, 0.25) is 0 Å². The molecule has 0 aliphatic heterocycles. The number of hydrogen-bond donors (Lipinski definition) is 4. The Kier molecular flexibility index (Phi) is 17.9. The lowest BCUT2D eigenvalue weighted by Crippen LogP contribution is -2.34. The first kappa shape index (κ1) is 24.0. The van der Waals surface area contributed by atoms with Gasteiger partial charge in [0.2, 0.25) is 0 Å². The Morgan fingerprint density at radius 1 is 1.04 bits per heavy atom. The van der Waals surface area contributed by atoms with Crippen LogP contribution in [-0.4, -0.2) is 98.4 Å². The van der Waals surface area contributed by atoms with Crippen molar-refractivity contribution < 1.29 is 19.8 Å². The number of rotatable bonds is 13. The quantitative estimate of drug-likeness (QED) is 0.338. The second-order valence-electron chi connectivity index (χ2n) is 5.20. The molecular formula is C15H34N4O4. The second-order valence-corrected chi connectivity index (χ2v) is 5.20. The number of carboxylic acid groups (broad SMARTS) is 2. The predicted molar refractivity (Wildman–Crippen MR) is 92.0 cm³/mol. The Bertz CT molecular complexity index is 303. The third-order valence-electron chi connectivity index (χ3n) is 3.05. The largest absolute Gasteiger partial charge is 0.480 e. The molecule has 0 saturated carbocycles. The van der Waals surface area contributed by atoms with Gasteiger partial charge in [0, 0.05) is 13.1 Å². The van der Waals surface area contributed by atoms with Crippen LogP contribution in [0.1, 0.15) is 20.3 Å². The van der Waals surface area contributed by atoms with Gasteiger partial charge in [0.25, 0.3) is 0 Å². The minimum absolute atomic E-state index is 0.0417. The number of aliphatic carboxylic acids is 2. The van der Waals surface area contributed by atoms with Crippen molar-refractivity contribution in [2.24, 2.45) is 0 Å². The Morgan fingerprint density at radius 2 is 1.70 bits per heavy atom. The third-order valence-corrected chi connectivity index (χ3v) is 3.05. The van der Waals surface area contributed by atoms with Crippen molar-refractivity contribution >= 4 is 11.9 Å². The molecule has 0 atom stereocenters. The Hall–Kier alpha value is -1.22. The molecule has 0 amide bonds. The molecule has 138 valence electrons. The van der Waals surface area contributed by atoms with Crippen LogP contribution in [0.5, 0.6) is 0 Å². The molecule has 0 radical (unpaired) electrons. The zero-order valence-corrected chi connectivity index (χ0v) is 15.0. The van der Waals surface area contributed by atoms with Gasteiger partial charge in [-0.05, 0) is 46.7 Å². The lowest BCUT2D eigenvalue weighted by atomic mass is 10.3. The van der Waals surface area contributed by atoms with E-state index in [2.05, 4.69) is 29.4 Å². The molecule has 0 rings (SSSR count). The summed E-state index contributed by atoms with van der Waals surface area (Å²) in [5.41, 5.74) is 0. The summed E-state index contributed by atoms with van der Waals surface area (Å²) in [6.45, 7) is 10.5. The molecule has 0 aromatic rings. The van der Waals surface area contributed by atoms with E-state index in [0.717, 1.165) is 45.7 Å². The highest BCUT2D eigenvalue weighted by atomic mass is 16.4. The second kappa shape index (κ2) is 17.1. The molecule has 8 heteroatoms. The molecule has 4 N–H and O–H groups in total. The average Bonchev–Trinajstić information content (AvgIpc) is 2.45. The summed E-state index contributed by atoms with van der Waals surface area (Å²) in [5, 5.41) is 22.2. The van der Waals surface area contributed by atoms with Crippen molar-refractivity contribution in [1.82, 2.24) is 20.4 Å². The summed E-state index contributed by atoms with van der Waals surface area (Å²) in [4.78, 5) is 24.2. The zero-order chi connectivity index (χ0) is 18.1. The molecule has 0 heterocycles. The van der Waals surface area contributed by atoms with Crippen molar-refractivity contribution in [1.29, 1.82) is 0 Å². The fourth-order valence-electron chi connectivity index (χ4n) is 1.87. The summed E-state index contributed by atoms with van der Waals surface area (Å²) >= 11 is 0. The van der Waals surface area contributed by atoms with Gasteiger partial charge in [-0.2, -0.15) is 0 Å². The van der Waals surface area contributed by atoms with E-state index in [1.165, 1.54) is 0 Å². The lowest BCUT2D eigenvalue weighted by molar-refractivity contribution is -0.138. The van der Waals surface area contributed by atoms with Crippen molar-refractivity contribution in [3.8, 4) is 0 Å². The maximum atomic E-state index is 10.5. The van der Waals surface area contributed by atoms with Gasteiger partial charge in [-0.1, -0.05) is 13.8 Å². The number of likely N-dealkylation sites (N-methyl/N-ethyl adjacent to an activating group) is 4. The summed E-state index contributed by atoms with van der Waals surface area (Å²) in [5.74, 6) is -1.58. The van der Waals surface area contributed by atoms with Crippen LogP contribution in [-0.2, 0) is 9.59 Å². The minimum atomic E-state index is -0.822. The van der Waals surface area contributed by atoms with Gasteiger partial charge in [-0.25, -0.2) is 0 Å². The van der Waals surface area contributed by atoms with Crippen molar-refractivity contribution in [2.75, 3.05) is 66.5 Å². The normalized spacial score (nSPS) is 10.5. The van der Waals surface area contributed by atoms with E-state index in [0.29, 0.717) is 0 Å². The molecule has 23 heavy (non-hydrogen) atoms. The van der Waals surface area contributed by atoms with Crippen LogP contribution in [0.3, 0.4) is 0 Å². The van der Waals surface area contributed by atoms with Crippen LogP contribution >= 0.6 is 0 Å². The van der Waals surface area contributed by atoms with E-state index in [1.54, 1.807) is 7.05 Å². The van der Waals surface area contributed by atoms with Gasteiger partial charge in [0.15, 0.2) is 0 Å². The van der Waals surface area contributed by atoms with E-state index in [-0.39, 0.29) is 13.1 Å². The molecule has 0 fully saturated rings. The monoisotopic (exact) mass is 334 g/mol. The molecule has 0 bridgehead atoms. The van der Waals surface area contributed by atoms with Gasteiger partial charge in [-0.3, -0.25) is 14.5 Å². The van der Waals surface area contributed by atoms with Crippen LogP contribution in [0.4, 0.5) is 0 Å². The maximum absolute atomic E-state index is 10.5. The Balaban J connectivity index is 0. The van der Waals surface area contributed by atoms with E-state index in [9.17, 15) is 9.59 Å². The molecule has 0 aromatic heterocycles. The van der Waals surface area contributed by atoms with Gasteiger partial charge in [0.05, 0.1) is 13.1 Å². The van der Waals surface area contributed by atoms with Gasteiger partial charge < -0.3 is 25.7 Å². The lowest BCUT2D eigenvalue weighted by Gasteiger charge is -2.22. The molecule has 0 unspecified atom stereocenters. The van der Waals surface area contributed by atoms with Crippen molar-refractivity contribution in [2.45, 2.75) is 20.3 Å². The maximum Gasteiger partial charge on any atom is 0.317 e. The summed E-state index contributed by atoms with van der Waals surface area (Å²) in [6, 6.07) is 0. The van der Waals surface area contributed by atoms with Crippen LogP contribution in [0, 0.1) is 0 Å². The molecule has 8 nitrogen and oxygen atoms in total. The molecular weight excluding hydrogens is 300 g/mol. The van der Waals surface area contributed by atoms with Crippen LogP contribution in [0.25, 0.3) is 0 Å². The van der Waals surface area contributed by atoms with Crippen molar-refractivity contribution in [3.05, 3.63) is 0 Å². The van der Waals surface area contributed by atoms with Crippen LogP contribution in [0.15, 0.2) is 0 Å². The number of carbonyl (C=O) groups is 2. The smallest absolute Gasteiger partial charge is 0.317 e.